The molecular weight excluding hydrogens is 318 g/mol. The molecule has 0 amide bonds. The average molecular weight is 348 g/mol. The number of pyridine rings is 1. The molecular formula is C23H29N3. The lowest BCUT2D eigenvalue weighted by Gasteiger charge is -2.57. The van der Waals surface area contributed by atoms with Gasteiger partial charge in [0.15, 0.2) is 0 Å². The minimum absolute atomic E-state index is 0.472. The fourth-order valence-corrected chi connectivity index (χ4v) is 6.25. The molecule has 0 aliphatic heterocycles. The van der Waals surface area contributed by atoms with E-state index >= 15 is 0 Å². The second kappa shape index (κ2) is 6.38. The van der Waals surface area contributed by atoms with Gasteiger partial charge in [-0.2, -0.15) is 0 Å². The third-order valence-electron chi connectivity index (χ3n) is 6.97. The zero-order valence-electron chi connectivity index (χ0n) is 15.5. The first-order valence-corrected chi connectivity index (χ1v) is 10.2. The van der Waals surface area contributed by atoms with Crippen LogP contribution in [0, 0.1) is 17.8 Å². The molecule has 26 heavy (non-hydrogen) atoms. The van der Waals surface area contributed by atoms with Crippen molar-refractivity contribution in [1.82, 2.24) is 10.3 Å². The zero-order valence-corrected chi connectivity index (χ0v) is 15.5. The number of hydrogen-bond donors (Lipinski definition) is 2. The summed E-state index contributed by atoms with van der Waals surface area (Å²) in [6, 6.07) is 14.6. The van der Waals surface area contributed by atoms with E-state index in [0.29, 0.717) is 11.4 Å². The summed E-state index contributed by atoms with van der Waals surface area (Å²) in [5.41, 5.74) is 9.75. The molecule has 4 aliphatic rings. The third-order valence-corrected chi connectivity index (χ3v) is 6.97. The molecule has 136 valence electrons. The van der Waals surface area contributed by atoms with E-state index in [1.165, 1.54) is 44.1 Å². The van der Waals surface area contributed by atoms with Crippen molar-refractivity contribution in [1.29, 1.82) is 0 Å². The van der Waals surface area contributed by atoms with Crippen molar-refractivity contribution in [3.05, 3.63) is 48.0 Å². The van der Waals surface area contributed by atoms with Crippen molar-refractivity contribution in [3.63, 3.8) is 0 Å². The molecule has 6 rings (SSSR count). The van der Waals surface area contributed by atoms with Crippen LogP contribution in [0.15, 0.2) is 42.5 Å². The van der Waals surface area contributed by atoms with Crippen LogP contribution in [0.1, 0.15) is 44.1 Å². The molecule has 0 unspecified atom stereocenters. The standard InChI is InChI=1S/C23H29N3/c24-22-3-1-2-21(26-22)20-6-4-16(5-7-20)8-9-25-23-13-17-10-18(14-23)12-19(11-17)15-23/h1-7,17-19,25H,8-15H2,(H2,24,26). The minimum atomic E-state index is 0.472. The predicted octanol–water partition coefficient (Wildman–Crippen LogP) is 4.43. The van der Waals surface area contributed by atoms with Crippen LogP contribution in [0.25, 0.3) is 11.3 Å². The van der Waals surface area contributed by atoms with E-state index in [1.807, 2.05) is 18.2 Å². The number of benzene rings is 1. The summed E-state index contributed by atoms with van der Waals surface area (Å²) in [6.45, 7) is 1.10. The molecule has 3 heteroatoms. The minimum Gasteiger partial charge on any atom is -0.384 e. The Balaban J connectivity index is 1.20. The second-order valence-corrected chi connectivity index (χ2v) is 9.02. The highest BCUT2D eigenvalue weighted by Crippen LogP contribution is 2.55. The Morgan fingerprint density at radius 3 is 2.19 bits per heavy atom. The van der Waals surface area contributed by atoms with Gasteiger partial charge in [-0.15, -0.1) is 0 Å². The van der Waals surface area contributed by atoms with Gasteiger partial charge in [0, 0.05) is 11.1 Å². The molecule has 0 atom stereocenters. The number of nitrogens with zero attached hydrogens (tertiary/aromatic N) is 1. The highest BCUT2D eigenvalue weighted by Gasteiger charge is 2.50. The Kier molecular flexibility index (Phi) is 4.00. The van der Waals surface area contributed by atoms with Crippen LogP contribution >= 0.6 is 0 Å². The smallest absolute Gasteiger partial charge is 0.124 e. The Bertz CT molecular complexity index is 745. The van der Waals surface area contributed by atoms with Gasteiger partial charge in [0.05, 0.1) is 5.69 Å². The quantitative estimate of drug-likeness (QED) is 0.841. The van der Waals surface area contributed by atoms with Crippen LogP contribution in [-0.4, -0.2) is 17.1 Å². The van der Waals surface area contributed by atoms with Gasteiger partial charge >= 0.3 is 0 Å². The average Bonchev–Trinajstić information content (AvgIpc) is 2.61. The molecule has 2 aromatic rings. The SMILES string of the molecule is Nc1cccc(-c2ccc(CCNC34CC5CC(CC(C5)C3)C4)cc2)n1. The van der Waals surface area contributed by atoms with E-state index in [9.17, 15) is 0 Å². The van der Waals surface area contributed by atoms with Crippen molar-refractivity contribution < 1.29 is 0 Å². The van der Waals surface area contributed by atoms with E-state index < -0.39 is 0 Å². The van der Waals surface area contributed by atoms with Crippen LogP contribution < -0.4 is 11.1 Å². The number of rotatable bonds is 5. The Morgan fingerprint density at radius 2 is 1.58 bits per heavy atom. The van der Waals surface area contributed by atoms with Gasteiger partial charge < -0.3 is 11.1 Å². The van der Waals surface area contributed by atoms with E-state index in [1.54, 1.807) is 0 Å². The van der Waals surface area contributed by atoms with E-state index in [-0.39, 0.29) is 0 Å². The van der Waals surface area contributed by atoms with Crippen molar-refractivity contribution in [2.45, 2.75) is 50.5 Å². The summed E-state index contributed by atoms with van der Waals surface area (Å²) in [5.74, 6) is 3.61. The molecule has 1 heterocycles. The Morgan fingerprint density at radius 1 is 0.923 bits per heavy atom. The Hall–Kier alpha value is -1.87. The maximum Gasteiger partial charge on any atom is 0.124 e. The molecule has 3 N–H and O–H groups in total. The molecule has 1 aromatic heterocycles. The largest absolute Gasteiger partial charge is 0.384 e. The van der Waals surface area contributed by atoms with E-state index in [4.69, 9.17) is 5.73 Å². The van der Waals surface area contributed by atoms with Crippen molar-refractivity contribution in [2.24, 2.45) is 17.8 Å². The summed E-state index contributed by atoms with van der Waals surface area (Å²) >= 11 is 0. The number of nitrogen functional groups attached to an aromatic ring is 1. The summed E-state index contributed by atoms with van der Waals surface area (Å²) < 4.78 is 0. The van der Waals surface area contributed by atoms with Crippen LogP contribution in [-0.2, 0) is 6.42 Å². The van der Waals surface area contributed by atoms with Crippen LogP contribution in [0.4, 0.5) is 5.82 Å². The van der Waals surface area contributed by atoms with Crippen molar-refractivity contribution in [2.75, 3.05) is 12.3 Å². The normalized spacial score (nSPS) is 32.1. The summed E-state index contributed by atoms with van der Waals surface area (Å²) in [4.78, 5) is 4.41. The maximum atomic E-state index is 5.80. The maximum absolute atomic E-state index is 5.80. The number of aromatic nitrogens is 1. The third kappa shape index (κ3) is 3.14. The topological polar surface area (TPSA) is 50.9 Å². The van der Waals surface area contributed by atoms with E-state index in [0.717, 1.165) is 42.0 Å². The lowest BCUT2D eigenvalue weighted by Crippen LogP contribution is -2.58. The molecule has 4 aliphatic carbocycles. The van der Waals surface area contributed by atoms with Gasteiger partial charge in [-0.1, -0.05) is 30.3 Å². The highest BCUT2D eigenvalue weighted by molar-refractivity contribution is 5.61. The Labute approximate surface area is 156 Å². The lowest BCUT2D eigenvalue weighted by molar-refractivity contribution is -0.0192. The fraction of sp³-hybridized carbons (Fsp3) is 0.522. The van der Waals surface area contributed by atoms with Crippen LogP contribution in [0.3, 0.4) is 0 Å². The first kappa shape index (κ1) is 16.3. The van der Waals surface area contributed by atoms with Crippen molar-refractivity contribution in [3.8, 4) is 11.3 Å². The number of hydrogen-bond acceptors (Lipinski definition) is 3. The summed E-state index contributed by atoms with van der Waals surface area (Å²) in [7, 11) is 0. The van der Waals surface area contributed by atoms with Gasteiger partial charge in [0.2, 0.25) is 0 Å². The zero-order chi connectivity index (χ0) is 17.6. The number of anilines is 1. The monoisotopic (exact) mass is 347 g/mol. The molecule has 0 saturated heterocycles. The molecule has 4 saturated carbocycles. The van der Waals surface area contributed by atoms with Gasteiger partial charge in [-0.05, 0) is 86.9 Å². The van der Waals surface area contributed by atoms with Gasteiger partial charge in [-0.3, -0.25) is 0 Å². The summed E-state index contributed by atoms with van der Waals surface area (Å²) in [6.07, 6.45) is 9.94. The van der Waals surface area contributed by atoms with Gasteiger partial charge in [0.25, 0.3) is 0 Å². The van der Waals surface area contributed by atoms with Gasteiger partial charge in [0.1, 0.15) is 5.82 Å². The van der Waals surface area contributed by atoms with E-state index in [2.05, 4.69) is 34.6 Å². The molecule has 0 radical (unpaired) electrons. The first-order valence-electron chi connectivity index (χ1n) is 10.2. The molecule has 4 bridgehead atoms. The van der Waals surface area contributed by atoms with Crippen LogP contribution in [0.5, 0.6) is 0 Å². The number of nitrogens with two attached hydrogens (primary N) is 1. The number of nitrogens with one attached hydrogen (secondary N) is 1. The molecule has 4 fully saturated rings. The molecule has 1 aromatic carbocycles. The first-order chi connectivity index (χ1) is 12.7. The highest BCUT2D eigenvalue weighted by atomic mass is 15.0. The lowest BCUT2D eigenvalue weighted by atomic mass is 9.53. The van der Waals surface area contributed by atoms with Crippen LogP contribution in [0.2, 0.25) is 0 Å². The fourth-order valence-electron chi connectivity index (χ4n) is 6.25. The molecule has 3 nitrogen and oxygen atoms in total. The van der Waals surface area contributed by atoms with Crippen molar-refractivity contribution >= 4 is 5.82 Å². The molecule has 0 spiro atoms. The van der Waals surface area contributed by atoms with Gasteiger partial charge in [-0.25, -0.2) is 4.98 Å². The summed E-state index contributed by atoms with van der Waals surface area (Å²) in [5, 5.41) is 4.00. The predicted molar refractivity (Wildman–Crippen MR) is 107 cm³/mol. The second-order valence-electron chi connectivity index (χ2n) is 9.02.